The highest BCUT2D eigenvalue weighted by atomic mass is 35.5. The highest BCUT2D eigenvalue weighted by Crippen LogP contribution is 2.33. The molecular formula is C21H23ClN2O4. The number of Topliss-reactive ketones (excluding diaryl/α,β-unsaturated/α-hetero) is 1. The standard InChI is InChI=1S/C21H23ClN2O4/c1-21(2)11-17-15(18(25)12-21)10-16(19(26)23-17)20(27)24(3)8-9-28-14-6-4-13(22)5-7-14/h4-7,10H,8-9,11-12H2,1-3H3,(H,23,26). The fourth-order valence-corrected chi connectivity index (χ4v) is 3.45. The molecule has 1 N–H and O–H groups in total. The van der Waals surface area contributed by atoms with Crippen LogP contribution in [0.15, 0.2) is 35.1 Å². The number of aromatic nitrogens is 1. The molecule has 0 unspecified atom stereocenters. The fraction of sp³-hybridized carbons (Fsp3) is 0.381. The van der Waals surface area contributed by atoms with Gasteiger partial charge in [-0.05, 0) is 42.2 Å². The van der Waals surface area contributed by atoms with Gasteiger partial charge in [0.25, 0.3) is 11.5 Å². The van der Waals surface area contributed by atoms with Gasteiger partial charge in [-0.25, -0.2) is 0 Å². The number of amides is 1. The number of pyridine rings is 1. The molecule has 0 radical (unpaired) electrons. The van der Waals surface area contributed by atoms with Crippen LogP contribution in [0.4, 0.5) is 0 Å². The molecule has 148 valence electrons. The van der Waals surface area contributed by atoms with Crippen LogP contribution in [0.3, 0.4) is 0 Å². The molecule has 28 heavy (non-hydrogen) atoms. The molecule has 0 spiro atoms. The number of hydrogen-bond acceptors (Lipinski definition) is 4. The number of halogens is 1. The van der Waals surface area contributed by atoms with E-state index in [0.717, 1.165) is 0 Å². The summed E-state index contributed by atoms with van der Waals surface area (Å²) in [7, 11) is 1.59. The maximum absolute atomic E-state index is 12.7. The average molecular weight is 403 g/mol. The molecule has 2 aromatic rings. The normalized spacial score (nSPS) is 15.1. The first-order valence-electron chi connectivity index (χ1n) is 9.09. The van der Waals surface area contributed by atoms with Gasteiger partial charge in [0.05, 0.1) is 6.54 Å². The number of nitrogens with one attached hydrogen (secondary N) is 1. The van der Waals surface area contributed by atoms with Crippen molar-refractivity contribution in [3.8, 4) is 5.75 Å². The highest BCUT2D eigenvalue weighted by molar-refractivity contribution is 6.30. The number of hydrogen-bond donors (Lipinski definition) is 1. The van der Waals surface area contributed by atoms with E-state index in [4.69, 9.17) is 16.3 Å². The summed E-state index contributed by atoms with van der Waals surface area (Å²) in [6, 6.07) is 8.36. The Morgan fingerprint density at radius 2 is 1.89 bits per heavy atom. The molecule has 1 aromatic carbocycles. The van der Waals surface area contributed by atoms with Crippen LogP contribution in [-0.4, -0.2) is 41.8 Å². The lowest BCUT2D eigenvalue weighted by molar-refractivity contribution is 0.0772. The Morgan fingerprint density at radius 1 is 1.21 bits per heavy atom. The van der Waals surface area contributed by atoms with Gasteiger partial charge in [0.1, 0.15) is 17.9 Å². The van der Waals surface area contributed by atoms with Crippen molar-refractivity contribution in [1.82, 2.24) is 9.88 Å². The van der Waals surface area contributed by atoms with Gasteiger partial charge >= 0.3 is 0 Å². The summed E-state index contributed by atoms with van der Waals surface area (Å²) < 4.78 is 5.59. The second-order valence-electron chi connectivity index (χ2n) is 7.87. The molecule has 1 aromatic heterocycles. The van der Waals surface area contributed by atoms with Crippen LogP contribution in [0, 0.1) is 5.41 Å². The van der Waals surface area contributed by atoms with Crippen LogP contribution in [0.1, 0.15) is 46.7 Å². The van der Waals surface area contributed by atoms with Gasteiger partial charge in [0.15, 0.2) is 5.78 Å². The van der Waals surface area contributed by atoms with Crippen LogP contribution in [0.5, 0.6) is 5.75 Å². The van der Waals surface area contributed by atoms with Crippen molar-refractivity contribution in [2.45, 2.75) is 26.7 Å². The third kappa shape index (κ3) is 4.44. The molecule has 0 bridgehead atoms. The van der Waals surface area contributed by atoms with Crippen LogP contribution < -0.4 is 10.3 Å². The topological polar surface area (TPSA) is 79.5 Å². The second kappa shape index (κ2) is 7.80. The maximum atomic E-state index is 12.7. The van der Waals surface area contributed by atoms with Gasteiger partial charge in [-0.3, -0.25) is 14.4 Å². The quantitative estimate of drug-likeness (QED) is 0.831. The number of nitrogens with zero attached hydrogens (tertiary/aromatic N) is 1. The minimum absolute atomic E-state index is 0.0270. The third-order valence-corrected chi connectivity index (χ3v) is 5.06. The van der Waals surface area contributed by atoms with E-state index in [1.165, 1.54) is 11.0 Å². The molecule has 1 aliphatic rings. The van der Waals surface area contributed by atoms with Crippen molar-refractivity contribution < 1.29 is 14.3 Å². The maximum Gasteiger partial charge on any atom is 0.261 e. The van der Waals surface area contributed by atoms with E-state index in [1.54, 1.807) is 31.3 Å². The molecule has 3 rings (SSSR count). The molecule has 6 nitrogen and oxygen atoms in total. The van der Waals surface area contributed by atoms with Gasteiger partial charge in [-0.15, -0.1) is 0 Å². The van der Waals surface area contributed by atoms with Gasteiger partial charge in [0.2, 0.25) is 0 Å². The first kappa shape index (κ1) is 20.1. The molecule has 0 fully saturated rings. The van der Waals surface area contributed by atoms with E-state index in [9.17, 15) is 14.4 Å². The number of ketones is 1. The van der Waals surface area contributed by atoms with E-state index < -0.39 is 11.5 Å². The lowest BCUT2D eigenvalue weighted by atomic mass is 9.75. The van der Waals surface area contributed by atoms with Gasteiger partial charge in [-0.2, -0.15) is 0 Å². The largest absolute Gasteiger partial charge is 0.492 e. The minimum Gasteiger partial charge on any atom is -0.492 e. The monoisotopic (exact) mass is 402 g/mol. The third-order valence-electron chi connectivity index (χ3n) is 4.80. The number of benzene rings is 1. The molecule has 0 aliphatic heterocycles. The summed E-state index contributed by atoms with van der Waals surface area (Å²) in [5.41, 5.74) is 0.346. The molecule has 1 aliphatic carbocycles. The molecule has 7 heteroatoms. The van der Waals surface area contributed by atoms with E-state index in [1.807, 2.05) is 13.8 Å². The van der Waals surface area contributed by atoms with Crippen molar-refractivity contribution in [3.05, 3.63) is 62.5 Å². The lowest BCUT2D eigenvalue weighted by Crippen LogP contribution is -2.37. The molecular weight excluding hydrogens is 380 g/mol. The van der Waals surface area contributed by atoms with Crippen LogP contribution >= 0.6 is 11.6 Å². The molecule has 0 atom stereocenters. The second-order valence-corrected chi connectivity index (χ2v) is 8.31. The zero-order chi connectivity index (χ0) is 20.5. The molecule has 1 amide bonds. The first-order valence-corrected chi connectivity index (χ1v) is 9.47. The Balaban J connectivity index is 1.70. The van der Waals surface area contributed by atoms with Gasteiger partial charge in [-0.1, -0.05) is 25.4 Å². The van der Waals surface area contributed by atoms with Gasteiger partial charge < -0.3 is 14.6 Å². The SMILES string of the molecule is CN(CCOc1ccc(Cl)cc1)C(=O)c1cc2c([nH]c1=O)CC(C)(C)CC2=O. The summed E-state index contributed by atoms with van der Waals surface area (Å²) >= 11 is 5.83. The summed E-state index contributed by atoms with van der Waals surface area (Å²) in [4.78, 5) is 41.7. The Labute approximate surface area is 168 Å². The summed E-state index contributed by atoms with van der Waals surface area (Å²) in [6.45, 7) is 4.53. The predicted molar refractivity (Wildman–Crippen MR) is 107 cm³/mol. The number of carbonyl (C=O) groups is 2. The average Bonchev–Trinajstić information content (AvgIpc) is 2.61. The van der Waals surface area contributed by atoms with E-state index in [-0.39, 0.29) is 23.4 Å². The van der Waals surface area contributed by atoms with E-state index >= 15 is 0 Å². The number of H-pyrrole nitrogens is 1. The number of aromatic amines is 1. The smallest absolute Gasteiger partial charge is 0.261 e. The molecule has 1 heterocycles. The highest BCUT2D eigenvalue weighted by Gasteiger charge is 2.33. The zero-order valence-electron chi connectivity index (χ0n) is 16.2. The lowest BCUT2D eigenvalue weighted by Gasteiger charge is -2.30. The molecule has 0 saturated heterocycles. The Hall–Kier alpha value is -2.60. The fourth-order valence-electron chi connectivity index (χ4n) is 3.33. The summed E-state index contributed by atoms with van der Waals surface area (Å²) in [5, 5.41) is 0.615. The summed E-state index contributed by atoms with van der Waals surface area (Å²) in [5.74, 6) is 0.150. The van der Waals surface area contributed by atoms with Crippen molar-refractivity contribution in [2.75, 3.05) is 20.2 Å². The Kier molecular flexibility index (Phi) is 5.61. The Morgan fingerprint density at radius 3 is 2.57 bits per heavy atom. The van der Waals surface area contributed by atoms with Crippen LogP contribution in [-0.2, 0) is 6.42 Å². The number of fused-ring (bicyclic) bond motifs is 1. The zero-order valence-corrected chi connectivity index (χ0v) is 16.9. The van der Waals surface area contributed by atoms with E-state index in [2.05, 4.69) is 4.98 Å². The number of carbonyl (C=O) groups excluding carboxylic acids is 2. The van der Waals surface area contributed by atoms with Crippen molar-refractivity contribution in [3.63, 3.8) is 0 Å². The van der Waals surface area contributed by atoms with Gasteiger partial charge in [0, 0.05) is 29.7 Å². The van der Waals surface area contributed by atoms with Crippen molar-refractivity contribution >= 4 is 23.3 Å². The first-order chi connectivity index (χ1) is 13.2. The van der Waals surface area contributed by atoms with Crippen molar-refractivity contribution in [1.29, 1.82) is 0 Å². The summed E-state index contributed by atoms with van der Waals surface area (Å²) in [6.07, 6.45) is 0.993. The van der Waals surface area contributed by atoms with Crippen LogP contribution in [0.2, 0.25) is 5.02 Å². The number of ether oxygens (including phenoxy) is 1. The van der Waals surface area contributed by atoms with Crippen LogP contribution in [0.25, 0.3) is 0 Å². The number of likely N-dealkylation sites (N-methyl/N-ethyl adjacent to an activating group) is 1. The molecule has 0 saturated carbocycles. The Bertz CT molecular complexity index is 963. The number of rotatable bonds is 5. The minimum atomic E-state index is -0.472. The van der Waals surface area contributed by atoms with Crippen molar-refractivity contribution in [2.24, 2.45) is 5.41 Å². The predicted octanol–water partition coefficient (Wildman–Crippen LogP) is 3.33. The van der Waals surface area contributed by atoms with E-state index in [0.29, 0.717) is 41.4 Å².